The van der Waals surface area contributed by atoms with Crippen LogP contribution in [0.5, 0.6) is 0 Å². The molecule has 224 valence electrons. The number of carbonyl (C=O) groups excluding carboxylic acids is 6. The molecule has 0 aliphatic heterocycles. The highest BCUT2D eigenvalue weighted by molar-refractivity contribution is 7.99. The molecule has 0 N–H and O–H groups in total. The van der Waals surface area contributed by atoms with Crippen LogP contribution in [-0.2, 0) is 33.5 Å². The Morgan fingerprint density at radius 1 is 0.714 bits per heavy atom. The van der Waals surface area contributed by atoms with E-state index in [2.05, 4.69) is 26.0 Å². The average Bonchev–Trinajstić information content (AvgIpc) is 2.99. The van der Waals surface area contributed by atoms with Crippen LogP contribution < -0.4 is 0 Å². The lowest BCUT2D eigenvalue weighted by molar-refractivity contribution is -0.141. The minimum atomic E-state index is -0.682. The third kappa shape index (κ3) is 13.3. The van der Waals surface area contributed by atoms with Crippen molar-refractivity contribution in [3.8, 4) is 0 Å². The monoisotopic (exact) mass is 597 g/mol. The maximum atomic E-state index is 12.8. The van der Waals surface area contributed by atoms with Gasteiger partial charge in [-0.2, -0.15) is 0 Å². The molecular formula is C31H35NO9S. The lowest BCUT2D eigenvalue weighted by Crippen LogP contribution is -2.17. The van der Waals surface area contributed by atoms with E-state index in [-0.39, 0.29) is 36.1 Å². The molecule has 0 fully saturated rings. The number of carbonyl (C=O) groups is 6. The molecule has 2 aromatic rings. The fraction of sp³-hybridized carbons (Fsp3) is 0.323. The SMILES string of the molecule is C=C(CCC(=O)CC)C(=O)c1ccc(Sc2ccc(C(=O)/C(CCC(=O)OC)=N/OC(C)=O)cc2)cc1.COC(C)=O. The van der Waals surface area contributed by atoms with Crippen molar-refractivity contribution >= 4 is 52.7 Å². The van der Waals surface area contributed by atoms with Crippen LogP contribution in [0.1, 0.15) is 73.6 Å². The van der Waals surface area contributed by atoms with Crippen LogP contribution in [0.4, 0.5) is 0 Å². The van der Waals surface area contributed by atoms with Gasteiger partial charge in [0.1, 0.15) is 11.5 Å². The molecule has 0 aromatic heterocycles. The van der Waals surface area contributed by atoms with Crippen molar-refractivity contribution in [1.29, 1.82) is 0 Å². The van der Waals surface area contributed by atoms with Gasteiger partial charge in [-0.25, -0.2) is 4.79 Å². The van der Waals surface area contributed by atoms with Gasteiger partial charge >= 0.3 is 17.9 Å². The molecule has 0 atom stereocenters. The molecule has 2 aromatic carbocycles. The van der Waals surface area contributed by atoms with Gasteiger partial charge < -0.3 is 14.3 Å². The highest BCUT2D eigenvalue weighted by Gasteiger charge is 2.18. The molecule has 42 heavy (non-hydrogen) atoms. The molecule has 0 amide bonds. The summed E-state index contributed by atoms with van der Waals surface area (Å²) >= 11 is 1.44. The van der Waals surface area contributed by atoms with Crippen molar-refractivity contribution in [2.24, 2.45) is 5.16 Å². The van der Waals surface area contributed by atoms with E-state index in [1.807, 2.05) is 12.1 Å². The van der Waals surface area contributed by atoms with Gasteiger partial charge in [-0.1, -0.05) is 30.4 Å². The maximum absolute atomic E-state index is 12.8. The first-order valence-electron chi connectivity index (χ1n) is 12.9. The van der Waals surface area contributed by atoms with E-state index in [4.69, 9.17) is 0 Å². The Kier molecular flexibility index (Phi) is 16.0. The Labute approximate surface area is 249 Å². The summed E-state index contributed by atoms with van der Waals surface area (Å²) in [5.41, 5.74) is 1.17. The topological polar surface area (TPSA) is 142 Å². The second-order valence-corrected chi connectivity index (χ2v) is 9.84. The van der Waals surface area contributed by atoms with E-state index >= 15 is 0 Å². The van der Waals surface area contributed by atoms with Crippen molar-refractivity contribution in [1.82, 2.24) is 0 Å². The third-order valence-electron chi connectivity index (χ3n) is 5.52. The van der Waals surface area contributed by atoms with Crippen LogP contribution in [0, 0.1) is 0 Å². The van der Waals surface area contributed by atoms with Crippen molar-refractivity contribution in [3.05, 3.63) is 71.8 Å². The van der Waals surface area contributed by atoms with Gasteiger partial charge in [-0.3, -0.25) is 24.0 Å². The minimum absolute atomic E-state index is 0.0400. The summed E-state index contributed by atoms with van der Waals surface area (Å²) < 4.78 is 8.70. The number of Topliss-reactive ketones (excluding diaryl/α,β-unsaturated/α-hetero) is 3. The number of methoxy groups -OCH3 is 2. The summed E-state index contributed by atoms with van der Waals surface area (Å²) in [5, 5.41) is 3.61. The van der Waals surface area contributed by atoms with Crippen molar-refractivity contribution in [3.63, 3.8) is 0 Å². The lowest BCUT2D eigenvalue weighted by Gasteiger charge is -2.07. The molecule has 2 rings (SSSR count). The van der Waals surface area contributed by atoms with E-state index < -0.39 is 17.7 Å². The number of ether oxygens (including phenoxy) is 2. The molecular weight excluding hydrogens is 562 g/mol. The summed E-state index contributed by atoms with van der Waals surface area (Å²) in [6.45, 7) is 8.13. The number of hydrogen-bond acceptors (Lipinski definition) is 11. The van der Waals surface area contributed by atoms with Crippen LogP contribution in [0.2, 0.25) is 0 Å². The number of benzene rings is 2. The number of hydrogen-bond donors (Lipinski definition) is 0. The van der Waals surface area contributed by atoms with E-state index in [1.165, 1.54) is 32.9 Å². The van der Waals surface area contributed by atoms with Crippen LogP contribution in [0.3, 0.4) is 0 Å². The van der Waals surface area contributed by atoms with Crippen LogP contribution in [-0.4, -0.2) is 55.2 Å². The molecule has 0 saturated heterocycles. The Bertz CT molecular complexity index is 1310. The van der Waals surface area contributed by atoms with Gasteiger partial charge in [0.2, 0.25) is 5.78 Å². The van der Waals surface area contributed by atoms with Crippen molar-refractivity contribution in [2.45, 2.75) is 62.7 Å². The van der Waals surface area contributed by atoms with Gasteiger partial charge in [0, 0.05) is 54.0 Å². The van der Waals surface area contributed by atoms with Crippen LogP contribution in [0.15, 0.2) is 75.6 Å². The van der Waals surface area contributed by atoms with Crippen molar-refractivity contribution < 1.29 is 43.1 Å². The number of ketones is 3. The highest BCUT2D eigenvalue weighted by Crippen LogP contribution is 2.28. The maximum Gasteiger partial charge on any atom is 0.331 e. The summed E-state index contributed by atoms with van der Waals surface area (Å²) in [7, 11) is 2.59. The Hall–Kier alpha value is -4.38. The molecule has 11 heteroatoms. The summed E-state index contributed by atoms with van der Waals surface area (Å²) in [5.74, 6) is -1.99. The van der Waals surface area contributed by atoms with E-state index in [9.17, 15) is 28.8 Å². The summed E-state index contributed by atoms with van der Waals surface area (Å²) in [6, 6.07) is 13.8. The molecule has 0 bridgehead atoms. The number of oxime groups is 1. The average molecular weight is 598 g/mol. The number of nitrogens with zero attached hydrogens (tertiary/aromatic N) is 1. The Morgan fingerprint density at radius 3 is 1.64 bits per heavy atom. The Balaban J connectivity index is 0.00000162. The summed E-state index contributed by atoms with van der Waals surface area (Å²) in [4.78, 5) is 75.4. The fourth-order valence-corrected chi connectivity index (χ4v) is 3.90. The second-order valence-electron chi connectivity index (χ2n) is 8.70. The van der Waals surface area contributed by atoms with Gasteiger partial charge in [-0.05, 0) is 60.5 Å². The van der Waals surface area contributed by atoms with E-state index in [0.29, 0.717) is 36.0 Å². The first-order valence-corrected chi connectivity index (χ1v) is 13.8. The van der Waals surface area contributed by atoms with Crippen LogP contribution >= 0.6 is 11.8 Å². The first-order chi connectivity index (χ1) is 19.9. The predicted molar refractivity (Wildman–Crippen MR) is 157 cm³/mol. The van der Waals surface area contributed by atoms with E-state index in [1.54, 1.807) is 43.3 Å². The molecule has 10 nitrogen and oxygen atoms in total. The molecule has 0 saturated carbocycles. The molecule has 0 aliphatic rings. The summed E-state index contributed by atoms with van der Waals surface area (Å²) in [6.07, 6.45) is 0.987. The molecule has 0 heterocycles. The quantitative estimate of drug-likeness (QED) is 0.0677. The van der Waals surface area contributed by atoms with Gasteiger partial charge in [0.25, 0.3) is 0 Å². The standard InChI is InChI=1S/C28H29NO7S.C3H6O2/c1-5-22(31)11-6-18(2)27(33)20-7-12-23(13-8-20)37-24-14-9-21(10-15-24)28(34)25(29-36-19(3)30)16-17-26(32)35-4;1-3(4)5-2/h7-10,12-15H,2,5-6,11,16-17H2,1,3-4H3;1-2H3/b29-25+;. The number of allylic oxidation sites excluding steroid dienone is 1. The third-order valence-corrected chi connectivity index (χ3v) is 6.53. The normalized spacial score (nSPS) is 10.5. The lowest BCUT2D eigenvalue weighted by atomic mass is 9.99. The number of rotatable bonds is 14. The zero-order valence-corrected chi connectivity index (χ0v) is 25.2. The zero-order valence-electron chi connectivity index (χ0n) is 24.4. The molecule has 0 spiro atoms. The van der Waals surface area contributed by atoms with Gasteiger partial charge in [0.15, 0.2) is 5.78 Å². The molecule has 0 aliphatic carbocycles. The highest BCUT2D eigenvalue weighted by atomic mass is 32.2. The molecule has 0 radical (unpaired) electrons. The predicted octanol–water partition coefficient (Wildman–Crippen LogP) is 5.57. The van der Waals surface area contributed by atoms with E-state index in [0.717, 1.165) is 16.7 Å². The smallest absolute Gasteiger partial charge is 0.331 e. The largest absolute Gasteiger partial charge is 0.469 e. The van der Waals surface area contributed by atoms with Crippen molar-refractivity contribution in [2.75, 3.05) is 14.2 Å². The van der Waals surface area contributed by atoms with Gasteiger partial charge in [0.05, 0.1) is 20.6 Å². The Morgan fingerprint density at radius 2 is 1.21 bits per heavy atom. The first kappa shape index (κ1) is 35.6. The van der Waals surface area contributed by atoms with Gasteiger partial charge in [-0.15, -0.1) is 0 Å². The second kappa shape index (κ2) is 18.9. The zero-order chi connectivity index (χ0) is 31.7. The number of esters is 2. The fourth-order valence-electron chi connectivity index (χ4n) is 3.08. The minimum Gasteiger partial charge on any atom is -0.469 e. The molecule has 0 unspecified atom stereocenters. The van der Waals surface area contributed by atoms with Crippen LogP contribution in [0.25, 0.3) is 0 Å².